The van der Waals surface area contributed by atoms with Crippen molar-refractivity contribution in [3.05, 3.63) is 29.8 Å². The third kappa shape index (κ3) is 3.95. The topological polar surface area (TPSA) is 73.9 Å². The molecule has 118 valence electrons. The van der Waals surface area contributed by atoms with Gasteiger partial charge in [0.05, 0.1) is 32.5 Å². The standard InChI is InChI=1S/C16H25NO4/c1-10-11(2)15(17)16(18)21-14(10)9-20-8-12-4-6-13(19-3)7-5-12/h4-7,10-11,14-16,18H,8-9,17H2,1-3H3/t10-,11-,14?,15?,16?/m0/s1. The zero-order valence-electron chi connectivity index (χ0n) is 12.9. The first kappa shape index (κ1) is 16.2. The second kappa shape index (κ2) is 7.22. The first-order valence-electron chi connectivity index (χ1n) is 7.32. The molecule has 5 atom stereocenters. The van der Waals surface area contributed by atoms with Gasteiger partial charge in [0.15, 0.2) is 6.29 Å². The van der Waals surface area contributed by atoms with Crippen molar-refractivity contribution in [1.82, 2.24) is 0 Å². The largest absolute Gasteiger partial charge is 0.497 e. The monoisotopic (exact) mass is 295 g/mol. The van der Waals surface area contributed by atoms with Crippen LogP contribution in [-0.4, -0.2) is 37.3 Å². The second-order valence-corrected chi connectivity index (χ2v) is 5.72. The lowest BCUT2D eigenvalue weighted by atomic mass is 9.83. The van der Waals surface area contributed by atoms with Crippen LogP contribution in [0.25, 0.3) is 0 Å². The van der Waals surface area contributed by atoms with Crippen LogP contribution in [-0.2, 0) is 16.1 Å². The first-order valence-corrected chi connectivity index (χ1v) is 7.32. The average Bonchev–Trinajstić information content (AvgIpc) is 2.51. The Hall–Kier alpha value is -1.14. The molecule has 1 aliphatic heterocycles. The summed E-state index contributed by atoms with van der Waals surface area (Å²) in [6.07, 6.45) is -1.04. The van der Waals surface area contributed by atoms with Crippen molar-refractivity contribution in [2.24, 2.45) is 17.6 Å². The Kier molecular flexibility index (Phi) is 5.58. The highest BCUT2D eigenvalue weighted by Crippen LogP contribution is 2.29. The van der Waals surface area contributed by atoms with E-state index in [1.807, 2.05) is 31.2 Å². The van der Waals surface area contributed by atoms with E-state index < -0.39 is 6.29 Å². The predicted octanol–water partition coefficient (Wildman–Crippen LogP) is 1.53. The fourth-order valence-corrected chi connectivity index (χ4v) is 2.55. The number of benzene rings is 1. The summed E-state index contributed by atoms with van der Waals surface area (Å²) in [7, 11) is 1.64. The number of rotatable bonds is 5. The Morgan fingerprint density at radius 3 is 2.48 bits per heavy atom. The lowest BCUT2D eigenvalue weighted by Crippen LogP contribution is -2.54. The fourth-order valence-electron chi connectivity index (χ4n) is 2.55. The number of hydrogen-bond acceptors (Lipinski definition) is 5. The maximum atomic E-state index is 9.79. The highest BCUT2D eigenvalue weighted by atomic mass is 16.6. The molecule has 0 aliphatic carbocycles. The maximum Gasteiger partial charge on any atom is 0.170 e. The summed E-state index contributed by atoms with van der Waals surface area (Å²) in [5.41, 5.74) is 6.97. The van der Waals surface area contributed by atoms with Crippen LogP contribution >= 0.6 is 0 Å². The number of methoxy groups -OCH3 is 1. The third-order valence-corrected chi connectivity index (χ3v) is 4.38. The van der Waals surface area contributed by atoms with Gasteiger partial charge < -0.3 is 25.1 Å². The van der Waals surface area contributed by atoms with Crippen LogP contribution in [0.5, 0.6) is 5.75 Å². The zero-order valence-corrected chi connectivity index (χ0v) is 12.9. The van der Waals surface area contributed by atoms with E-state index in [0.717, 1.165) is 11.3 Å². The van der Waals surface area contributed by atoms with Gasteiger partial charge in [-0.3, -0.25) is 0 Å². The van der Waals surface area contributed by atoms with Crippen LogP contribution in [0.15, 0.2) is 24.3 Å². The Balaban J connectivity index is 1.82. The number of nitrogens with two attached hydrogens (primary N) is 1. The molecule has 1 heterocycles. The summed E-state index contributed by atoms with van der Waals surface area (Å²) in [4.78, 5) is 0. The smallest absolute Gasteiger partial charge is 0.170 e. The van der Waals surface area contributed by atoms with Gasteiger partial charge in [-0.2, -0.15) is 0 Å². The van der Waals surface area contributed by atoms with Crippen molar-refractivity contribution < 1.29 is 19.3 Å². The van der Waals surface area contributed by atoms with Gasteiger partial charge in [0.25, 0.3) is 0 Å². The van der Waals surface area contributed by atoms with Crippen LogP contribution in [0, 0.1) is 11.8 Å². The van der Waals surface area contributed by atoms with E-state index in [9.17, 15) is 5.11 Å². The molecule has 1 aliphatic rings. The highest BCUT2D eigenvalue weighted by Gasteiger charge is 2.38. The molecule has 0 radical (unpaired) electrons. The summed E-state index contributed by atoms with van der Waals surface area (Å²) < 4.78 is 16.4. The van der Waals surface area contributed by atoms with E-state index in [2.05, 4.69) is 6.92 Å². The van der Waals surface area contributed by atoms with E-state index in [1.54, 1.807) is 7.11 Å². The van der Waals surface area contributed by atoms with Crippen LogP contribution in [0.4, 0.5) is 0 Å². The van der Waals surface area contributed by atoms with Gasteiger partial charge in [0, 0.05) is 0 Å². The van der Waals surface area contributed by atoms with Gasteiger partial charge in [-0.15, -0.1) is 0 Å². The minimum Gasteiger partial charge on any atom is -0.497 e. The molecule has 0 aromatic heterocycles. The molecule has 1 aromatic rings. The van der Waals surface area contributed by atoms with E-state index in [0.29, 0.717) is 13.2 Å². The molecule has 1 aromatic carbocycles. The normalized spacial score (nSPS) is 32.9. The Morgan fingerprint density at radius 2 is 1.86 bits per heavy atom. The number of hydrogen-bond donors (Lipinski definition) is 2. The molecule has 0 amide bonds. The van der Waals surface area contributed by atoms with Gasteiger partial charge in [-0.25, -0.2) is 0 Å². The van der Waals surface area contributed by atoms with Crippen molar-refractivity contribution in [3.63, 3.8) is 0 Å². The van der Waals surface area contributed by atoms with Gasteiger partial charge in [0.2, 0.25) is 0 Å². The van der Waals surface area contributed by atoms with Crippen molar-refractivity contribution >= 4 is 0 Å². The molecule has 1 saturated heterocycles. The molecular weight excluding hydrogens is 270 g/mol. The predicted molar refractivity (Wildman–Crippen MR) is 79.8 cm³/mol. The van der Waals surface area contributed by atoms with Crippen LogP contribution in [0.1, 0.15) is 19.4 Å². The van der Waals surface area contributed by atoms with E-state index >= 15 is 0 Å². The molecule has 0 spiro atoms. The van der Waals surface area contributed by atoms with Crippen LogP contribution in [0.3, 0.4) is 0 Å². The molecule has 21 heavy (non-hydrogen) atoms. The average molecular weight is 295 g/mol. The molecule has 0 bridgehead atoms. The molecule has 1 fully saturated rings. The Morgan fingerprint density at radius 1 is 1.19 bits per heavy atom. The van der Waals surface area contributed by atoms with Crippen molar-refractivity contribution in [3.8, 4) is 5.75 Å². The minimum atomic E-state index is -0.911. The van der Waals surface area contributed by atoms with E-state index in [-0.39, 0.29) is 24.0 Å². The van der Waals surface area contributed by atoms with Gasteiger partial charge >= 0.3 is 0 Å². The van der Waals surface area contributed by atoms with Crippen molar-refractivity contribution in [2.75, 3.05) is 13.7 Å². The van der Waals surface area contributed by atoms with E-state index in [4.69, 9.17) is 19.9 Å². The third-order valence-electron chi connectivity index (χ3n) is 4.38. The SMILES string of the molecule is COc1ccc(COCC2OC(O)C(N)[C@@H](C)[C@@H]2C)cc1. The lowest BCUT2D eigenvalue weighted by molar-refractivity contribution is -0.219. The quantitative estimate of drug-likeness (QED) is 0.861. The first-order chi connectivity index (χ1) is 10.0. The molecule has 3 N–H and O–H groups in total. The summed E-state index contributed by atoms with van der Waals surface area (Å²) in [6, 6.07) is 7.42. The highest BCUT2D eigenvalue weighted by molar-refractivity contribution is 5.26. The molecular formula is C16H25NO4. The fraction of sp³-hybridized carbons (Fsp3) is 0.625. The Labute approximate surface area is 126 Å². The lowest BCUT2D eigenvalue weighted by Gasteiger charge is -2.41. The molecule has 2 rings (SSSR count). The van der Waals surface area contributed by atoms with Crippen molar-refractivity contribution in [1.29, 1.82) is 0 Å². The van der Waals surface area contributed by atoms with E-state index in [1.165, 1.54) is 0 Å². The van der Waals surface area contributed by atoms with Gasteiger partial charge in [-0.1, -0.05) is 26.0 Å². The summed E-state index contributed by atoms with van der Waals surface area (Å²) in [5, 5.41) is 9.79. The minimum absolute atomic E-state index is 0.131. The number of aliphatic hydroxyl groups is 1. The molecule has 5 nitrogen and oxygen atoms in total. The number of ether oxygens (including phenoxy) is 3. The second-order valence-electron chi connectivity index (χ2n) is 5.72. The Bertz CT molecular complexity index is 436. The molecule has 0 saturated carbocycles. The molecule has 5 heteroatoms. The zero-order chi connectivity index (χ0) is 15.4. The van der Waals surface area contributed by atoms with Crippen molar-refractivity contribution in [2.45, 2.75) is 38.9 Å². The van der Waals surface area contributed by atoms with Gasteiger partial charge in [0.1, 0.15) is 5.75 Å². The van der Waals surface area contributed by atoms with Crippen LogP contribution in [0.2, 0.25) is 0 Å². The number of aliphatic hydroxyl groups excluding tert-OH is 1. The van der Waals surface area contributed by atoms with Crippen LogP contribution < -0.4 is 10.5 Å². The summed E-state index contributed by atoms with van der Waals surface area (Å²) >= 11 is 0. The summed E-state index contributed by atoms with van der Waals surface area (Å²) in [5.74, 6) is 1.27. The maximum absolute atomic E-state index is 9.79. The van der Waals surface area contributed by atoms with Gasteiger partial charge in [-0.05, 0) is 29.5 Å². The molecule has 3 unspecified atom stereocenters. The summed E-state index contributed by atoms with van der Waals surface area (Å²) in [6.45, 7) is 5.07.